The number of sulfonamides is 1. The van der Waals surface area contributed by atoms with Gasteiger partial charge >= 0.3 is 0 Å². The van der Waals surface area contributed by atoms with E-state index in [2.05, 4.69) is 14.9 Å². The van der Waals surface area contributed by atoms with E-state index >= 15 is 0 Å². The molecule has 0 atom stereocenters. The molecule has 2 N–H and O–H groups in total. The number of hydrogen-bond acceptors (Lipinski definition) is 7. The molecule has 0 spiro atoms. The van der Waals surface area contributed by atoms with Crippen LogP contribution >= 0.6 is 0 Å². The van der Waals surface area contributed by atoms with Gasteiger partial charge in [-0.05, 0) is 26.0 Å². The van der Waals surface area contributed by atoms with Crippen molar-refractivity contribution in [1.29, 1.82) is 0 Å². The number of aromatic hydroxyl groups is 1. The van der Waals surface area contributed by atoms with Crippen LogP contribution in [-0.4, -0.2) is 42.1 Å². The number of nitrogens with zero attached hydrogens (tertiary/aromatic N) is 2. The van der Waals surface area contributed by atoms with Crippen LogP contribution < -0.4 is 4.72 Å². The van der Waals surface area contributed by atoms with Crippen molar-refractivity contribution in [3.05, 3.63) is 30.2 Å². The number of aromatic nitrogens is 2. The Hall–Kier alpha value is -1.97. The third kappa shape index (κ3) is 5.62. The van der Waals surface area contributed by atoms with Crippen LogP contribution in [0.3, 0.4) is 0 Å². The first-order valence-electron chi connectivity index (χ1n) is 7.06. The molecule has 0 fully saturated rings. The lowest BCUT2D eigenvalue weighted by molar-refractivity contribution is 0.0911. The second-order valence-corrected chi connectivity index (χ2v) is 7.05. The van der Waals surface area contributed by atoms with Gasteiger partial charge in [0.2, 0.25) is 21.7 Å². The summed E-state index contributed by atoms with van der Waals surface area (Å²) in [6.45, 7) is 3.68. The van der Waals surface area contributed by atoms with Gasteiger partial charge in [-0.2, -0.15) is 4.98 Å². The van der Waals surface area contributed by atoms with Gasteiger partial charge in [0.25, 0.3) is 0 Å². The Kier molecular flexibility index (Phi) is 5.69. The van der Waals surface area contributed by atoms with E-state index in [-0.39, 0.29) is 42.5 Å². The highest BCUT2D eigenvalue weighted by Crippen LogP contribution is 2.20. The summed E-state index contributed by atoms with van der Waals surface area (Å²) in [5.41, 5.74) is 0.577. The predicted molar refractivity (Wildman–Crippen MR) is 83.1 cm³/mol. The van der Waals surface area contributed by atoms with E-state index in [1.165, 1.54) is 12.1 Å². The Balaban J connectivity index is 1.92. The van der Waals surface area contributed by atoms with Gasteiger partial charge in [0.15, 0.2) is 0 Å². The molecule has 0 aliphatic carbocycles. The maximum atomic E-state index is 11.8. The Morgan fingerprint density at radius 1 is 1.39 bits per heavy atom. The van der Waals surface area contributed by atoms with Crippen molar-refractivity contribution in [2.75, 3.05) is 12.4 Å². The number of hydrogen-bond donors (Lipinski definition) is 2. The Morgan fingerprint density at radius 3 is 2.87 bits per heavy atom. The fourth-order valence-corrected chi connectivity index (χ4v) is 2.53. The van der Waals surface area contributed by atoms with E-state index in [4.69, 9.17) is 9.26 Å². The highest BCUT2D eigenvalue weighted by molar-refractivity contribution is 7.89. The van der Waals surface area contributed by atoms with Crippen molar-refractivity contribution < 1.29 is 22.8 Å². The van der Waals surface area contributed by atoms with Gasteiger partial charge in [0.1, 0.15) is 5.75 Å². The first-order valence-corrected chi connectivity index (χ1v) is 8.72. The Labute approximate surface area is 134 Å². The molecule has 8 nitrogen and oxygen atoms in total. The summed E-state index contributed by atoms with van der Waals surface area (Å²) in [6.07, 6.45) is -0.0222. The van der Waals surface area contributed by atoms with Crippen molar-refractivity contribution in [3.63, 3.8) is 0 Å². The average molecular weight is 341 g/mol. The minimum atomic E-state index is -3.48. The molecule has 0 amide bonds. The number of ether oxygens (including phenoxy) is 1. The number of rotatable bonds is 8. The summed E-state index contributed by atoms with van der Waals surface area (Å²) in [7, 11) is -3.48. The molecular formula is C14H19N3O5S. The molecule has 0 bridgehead atoms. The third-order valence-electron chi connectivity index (χ3n) is 2.82. The number of phenolic OH excluding ortho intramolecular Hbond substituents is 1. The topological polar surface area (TPSA) is 115 Å². The fourth-order valence-electron chi connectivity index (χ4n) is 1.73. The molecule has 0 aliphatic heterocycles. The van der Waals surface area contributed by atoms with Gasteiger partial charge in [-0.1, -0.05) is 17.3 Å². The lowest BCUT2D eigenvalue weighted by atomic mass is 10.2. The molecule has 126 valence electrons. The van der Waals surface area contributed by atoms with Crippen molar-refractivity contribution >= 4 is 10.0 Å². The molecular weight excluding hydrogens is 322 g/mol. The quantitative estimate of drug-likeness (QED) is 0.743. The van der Waals surface area contributed by atoms with E-state index in [1.54, 1.807) is 12.1 Å². The zero-order chi connectivity index (χ0) is 16.9. The lowest BCUT2D eigenvalue weighted by Gasteiger charge is -2.08. The van der Waals surface area contributed by atoms with Crippen LogP contribution in [0.2, 0.25) is 0 Å². The minimum absolute atomic E-state index is 0.0222. The number of nitrogens with one attached hydrogen (secondary N) is 1. The molecule has 0 unspecified atom stereocenters. The normalized spacial score (nSPS) is 12.0. The molecule has 0 aliphatic rings. The average Bonchev–Trinajstić information content (AvgIpc) is 2.94. The summed E-state index contributed by atoms with van der Waals surface area (Å²) in [4.78, 5) is 4.09. The van der Waals surface area contributed by atoms with E-state index in [0.29, 0.717) is 5.56 Å². The zero-order valence-electron chi connectivity index (χ0n) is 12.9. The van der Waals surface area contributed by atoms with E-state index < -0.39 is 10.0 Å². The molecule has 0 saturated heterocycles. The van der Waals surface area contributed by atoms with Gasteiger partial charge in [-0.3, -0.25) is 0 Å². The van der Waals surface area contributed by atoms with Crippen molar-refractivity contribution in [1.82, 2.24) is 14.9 Å². The van der Waals surface area contributed by atoms with Crippen molar-refractivity contribution in [2.45, 2.75) is 26.5 Å². The van der Waals surface area contributed by atoms with Crippen LogP contribution in [0.25, 0.3) is 11.4 Å². The summed E-state index contributed by atoms with van der Waals surface area (Å²) >= 11 is 0. The molecule has 9 heteroatoms. The first kappa shape index (κ1) is 17.4. The Bertz CT molecular complexity index is 742. The first-order chi connectivity index (χ1) is 10.9. The van der Waals surface area contributed by atoms with Crippen LogP contribution in [0.1, 0.15) is 19.7 Å². The number of phenols is 1. The van der Waals surface area contributed by atoms with Crippen LogP contribution in [0.4, 0.5) is 0 Å². The van der Waals surface area contributed by atoms with Crippen LogP contribution in [0, 0.1) is 0 Å². The smallest absolute Gasteiger partial charge is 0.242 e. The molecule has 2 rings (SSSR count). The highest BCUT2D eigenvalue weighted by atomic mass is 32.2. The van der Waals surface area contributed by atoms with Gasteiger partial charge in [0, 0.05) is 5.56 Å². The standard InChI is InChI=1S/C14H19N3O5S/c1-10(2)21-6-7-23(19,20)15-9-13-16-14(17-22-13)11-4-3-5-12(18)8-11/h3-5,8,10,15,18H,6-7,9H2,1-2H3. The fraction of sp³-hybridized carbons (Fsp3) is 0.429. The summed E-state index contributed by atoms with van der Waals surface area (Å²) in [5.74, 6) is 0.355. The van der Waals surface area contributed by atoms with E-state index in [9.17, 15) is 13.5 Å². The zero-order valence-corrected chi connectivity index (χ0v) is 13.7. The molecule has 2 aromatic rings. The maximum Gasteiger partial charge on any atom is 0.242 e. The summed E-state index contributed by atoms with van der Waals surface area (Å²) in [5, 5.41) is 13.2. The van der Waals surface area contributed by atoms with E-state index in [0.717, 1.165) is 0 Å². The monoisotopic (exact) mass is 341 g/mol. The highest BCUT2D eigenvalue weighted by Gasteiger charge is 2.14. The van der Waals surface area contributed by atoms with Crippen molar-refractivity contribution in [2.24, 2.45) is 0 Å². The van der Waals surface area contributed by atoms with Gasteiger partial charge in [-0.15, -0.1) is 0 Å². The van der Waals surface area contributed by atoms with Gasteiger partial charge in [-0.25, -0.2) is 13.1 Å². The third-order valence-corrected chi connectivity index (χ3v) is 4.11. The summed E-state index contributed by atoms with van der Waals surface area (Å²) in [6, 6.07) is 6.37. The number of benzene rings is 1. The summed E-state index contributed by atoms with van der Waals surface area (Å²) < 4.78 is 36.2. The molecule has 0 radical (unpaired) electrons. The molecule has 0 saturated carbocycles. The second-order valence-electron chi connectivity index (χ2n) is 5.12. The van der Waals surface area contributed by atoms with Crippen LogP contribution in [0.5, 0.6) is 5.75 Å². The second kappa shape index (κ2) is 7.53. The molecule has 23 heavy (non-hydrogen) atoms. The molecule has 1 aromatic carbocycles. The van der Waals surface area contributed by atoms with Gasteiger partial charge in [0.05, 0.1) is 25.0 Å². The SMILES string of the molecule is CC(C)OCCS(=O)(=O)NCc1nc(-c2cccc(O)c2)no1. The largest absolute Gasteiger partial charge is 0.508 e. The van der Waals surface area contributed by atoms with E-state index in [1.807, 2.05) is 13.8 Å². The molecule has 1 aromatic heterocycles. The lowest BCUT2D eigenvalue weighted by Crippen LogP contribution is -2.28. The maximum absolute atomic E-state index is 11.8. The van der Waals surface area contributed by atoms with Crippen LogP contribution in [-0.2, 0) is 21.3 Å². The Morgan fingerprint density at radius 2 is 2.17 bits per heavy atom. The van der Waals surface area contributed by atoms with Crippen molar-refractivity contribution in [3.8, 4) is 17.1 Å². The van der Waals surface area contributed by atoms with Crippen LogP contribution in [0.15, 0.2) is 28.8 Å². The minimum Gasteiger partial charge on any atom is -0.508 e. The van der Waals surface area contributed by atoms with Gasteiger partial charge < -0.3 is 14.4 Å². The molecule has 1 heterocycles. The predicted octanol–water partition coefficient (Wildman–Crippen LogP) is 1.29.